The van der Waals surface area contributed by atoms with Gasteiger partial charge in [-0.25, -0.2) is 0 Å². The van der Waals surface area contributed by atoms with Crippen molar-refractivity contribution in [2.45, 2.75) is 191 Å². The van der Waals surface area contributed by atoms with Gasteiger partial charge in [0.25, 0.3) is 0 Å². The summed E-state index contributed by atoms with van der Waals surface area (Å²) < 4.78 is 93.6. The fourth-order valence-electron chi connectivity index (χ4n) is 9.78. The normalized spacial score (nSPS) is 42.2. The van der Waals surface area contributed by atoms with Crippen LogP contribution in [-0.4, -0.2) is 83.0 Å². The standard InChI is InChI=1S/C35H76O14Si8/c1-17-32(12,13)34(15,19-3)35(16,20-4)33(14,18-2)31(36)37-29-28-30-57-47-54(25-9)41-51(22-6)38-50(21-5)39-52(23-7,43-54)45-56(27-11,49-57)46-53(24-8,40-50)44-55(26-10,42-51)48-57/h17-30H2,1-16H3. The third-order valence-corrected chi connectivity index (χ3v) is 51.9. The lowest BCUT2D eigenvalue weighted by atomic mass is 9.43. The van der Waals surface area contributed by atoms with Gasteiger partial charge >= 0.3 is 76.4 Å². The zero-order valence-electron chi connectivity index (χ0n) is 38.1. The van der Waals surface area contributed by atoms with Crippen molar-refractivity contribution in [3.8, 4) is 0 Å². The average Bonchev–Trinajstić information content (AvgIpc) is 3.17. The Bertz CT molecular complexity index is 1340. The molecule has 22 heteroatoms. The molecule has 6 aliphatic rings. The molecule has 6 saturated heterocycles. The highest BCUT2D eigenvalue weighted by Gasteiger charge is 2.82. The zero-order valence-corrected chi connectivity index (χ0v) is 46.1. The first-order valence-corrected chi connectivity index (χ1v) is 37.6. The lowest BCUT2D eigenvalue weighted by molar-refractivity contribution is -0.185. The first-order valence-electron chi connectivity index (χ1n) is 22.1. The van der Waals surface area contributed by atoms with Gasteiger partial charge in [-0.05, 0) is 48.9 Å². The molecule has 6 heterocycles. The lowest BCUT2D eigenvalue weighted by Crippen LogP contribution is -2.88. The molecule has 8 bridgehead atoms. The molecule has 0 aromatic carbocycles. The summed E-state index contributed by atoms with van der Waals surface area (Å²) in [7, 11) is -30.2. The lowest BCUT2D eigenvalue weighted by Gasteiger charge is -2.63. The van der Waals surface area contributed by atoms with Crippen LogP contribution in [0.3, 0.4) is 0 Å². The highest BCUT2D eigenvalue weighted by molar-refractivity contribution is 7.03. The Balaban J connectivity index is 1.57. The minimum atomic E-state index is -3.98. The first-order chi connectivity index (χ1) is 26.5. The van der Waals surface area contributed by atoms with E-state index in [9.17, 15) is 4.79 Å². The molecule has 3 unspecified atom stereocenters. The van der Waals surface area contributed by atoms with Gasteiger partial charge in [-0.2, -0.15) is 0 Å². The van der Waals surface area contributed by atoms with Gasteiger partial charge in [0, 0.05) is 48.4 Å². The SMILES string of the molecule is CCC(C)(C)C(C)(CC)C(C)(CC)C(C)(CC)C(=O)OCCC[Si]12O[Si]3(CC)O[Si]4(CC)O[Si]5(CC)O[Si](CC)(O3)O[Si](CC)(O[Si](CC)(O5)O[Si](CC)(O4)O1)O2. The van der Waals surface area contributed by atoms with Crippen LogP contribution in [0.2, 0.25) is 48.4 Å². The highest BCUT2D eigenvalue weighted by atomic mass is 28.6. The molecule has 6 aliphatic heterocycles. The van der Waals surface area contributed by atoms with Crippen molar-refractivity contribution in [3.63, 3.8) is 0 Å². The summed E-state index contributed by atoms with van der Waals surface area (Å²) >= 11 is 0. The molecule has 332 valence electrons. The summed E-state index contributed by atoms with van der Waals surface area (Å²) in [5.74, 6) is -0.188. The van der Waals surface area contributed by atoms with Crippen LogP contribution in [0.4, 0.5) is 0 Å². The second-order valence-electron chi connectivity index (χ2n) is 17.7. The smallest absolute Gasteiger partial charge is 0.465 e. The molecule has 6 rings (SSSR count). The van der Waals surface area contributed by atoms with E-state index in [4.69, 9.17) is 54.1 Å². The van der Waals surface area contributed by atoms with Crippen molar-refractivity contribution in [3.05, 3.63) is 0 Å². The van der Waals surface area contributed by atoms with E-state index in [-0.39, 0.29) is 34.9 Å². The van der Waals surface area contributed by atoms with Crippen LogP contribution < -0.4 is 0 Å². The van der Waals surface area contributed by atoms with Crippen molar-refractivity contribution < 1.29 is 58.9 Å². The maximum absolute atomic E-state index is 14.6. The highest BCUT2D eigenvalue weighted by Crippen LogP contribution is 2.65. The molecule has 6 fully saturated rings. The van der Waals surface area contributed by atoms with Gasteiger partial charge in [0.15, 0.2) is 0 Å². The Hall–Kier alpha value is 0.725. The van der Waals surface area contributed by atoms with E-state index < -0.39 is 75.9 Å². The predicted octanol–water partition coefficient (Wildman–Crippen LogP) is 9.52. The fourth-order valence-corrected chi connectivity index (χ4v) is 59.5. The molecule has 0 aliphatic carbocycles. The predicted molar refractivity (Wildman–Crippen MR) is 232 cm³/mol. The van der Waals surface area contributed by atoms with Crippen LogP contribution in [0, 0.1) is 21.7 Å². The van der Waals surface area contributed by atoms with Gasteiger partial charge < -0.3 is 54.1 Å². The quantitative estimate of drug-likeness (QED) is 0.0691. The van der Waals surface area contributed by atoms with E-state index >= 15 is 0 Å². The molecule has 0 aromatic heterocycles. The number of carbonyl (C=O) groups excluding carboxylic acids is 1. The minimum absolute atomic E-state index is 0.00222. The first kappa shape index (κ1) is 48.8. The summed E-state index contributed by atoms with van der Waals surface area (Å²) in [5.41, 5.74) is -1.22. The third kappa shape index (κ3) is 7.89. The van der Waals surface area contributed by atoms with Crippen LogP contribution in [-0.2, 0) is 58.9 Å². The molecule has 0 aromatic rings. The van der Waals surface area contributed by atoms with E-state index in [0.717, 1.165) is 19.3 Å². The van der Waals surface area contributed by atoms with Crippen molar-refractivity contribution in [1.29, 1.82) is 0 Å². The summed E-state index contributed by atoms with van der Waals surface area (Å²) in [6.07, 6.45) is 3.84. The van der Waals surface area contributed by atoms with Gasteiger partial charge in [-0.1, -0.05) is 110 Å². The molecule has 0 spiro atoms. The summed E-state index contributed by atoms with van der Waals surface area (Å²) in [5, 5.41) is 0. The van der Waals surface area contributed by atoms with E-state index in [1.54, 1.807) is 0 Å². The Morgan fingerprint density at radius 2 is 0.684 bits per heavy atom. The summed E-state index contributed by atoms with van der Waals surface area (Å²) in [6.45, 7) is 34.3. The minimum Gasteiger partial charge on any atom is -0.465 e. The maximum Gasteiger partial charge on any atom is 0.479 e. The monoisotopic (exact) mass is 944 g/mol. The zero-order chi connectivity index (χ0) is 42.7. The summed E-state index contributed by atoms with van der Waals surface area (Å²) in [4.78, 5) is 14.6. The number of esters is 1. The van der Waals surface area contributed by atoms with E-state index in [0.29, 0.717) is 55.2 Å². The van der Waals surface area contributed by atoms with Crippen LogP contribution in [0.1, 0.15) is 143 Å². The van der Waals surface area contributed by atoms with E-state index in [2.05, 4.69) is 62.3 Å². The van der Waals surface area contributed by atoms with Crippen LogP contribution in [0.5, 0.6) is 0 Å². The Morgan fingerprint density at radius 3 is 0.912 bits per heavy atom. The van der Waals surface area contributed by atoms with Crippen molar-refractivity contribution in [2.75, 3.05) is 6.61 Å². The topological polar surface area (TPSA) is 137 Å². The van der Waals surface area contributed by atoms with Crippen molar-refractivity contribution in [1.82, 2.24) is 0 Å². The molecule has 0 N–H and O–H groups in total. The van der Waals surface area contributed by atoms with E-state index in [1.807, 2.05) is 48.5 Å². The van der Waals surface area contributed by atoms with E-state index in [1.165, 1.54) is 0 Å². The van der Waals surface area contributed by atoms with Crippen molar-refractivity contribution >= 4 is 76.4 Å². The average molecular weight is 946 g/mol. The Morgan fingerprint density at radius 1 is 0.404 bits per heavy atom. The van der Waals surface area contributed by atoms with Gasteiger partial charge in [-0.15, -0.1) is 0 Å². The number of hydrogen-bond acceptors (Lipinski definition) is 14. The second kappa shape index (κ2) is 16.7. The van der Waals surface area contributed by atoms with Crippen LogP contribution >= 0.6 is 0 Å². The van der Waals surface area contributed by atoms with Gasteiger partial charge in [0.2, 0.25) is 0 Å². The van der Waals surface area contributed by atoms with Crippen molar-refractivity contribution in [2.24, 2.45) is 21.7 Å². The maximum atomic E-state index is 14.6. The fraction of sp³-hybridized carbons (Fsp3) is 0.971. The Labute approximate surface area is 353 Å². The second-order valence-corrected chi connectivity index (χ2v) is 43.9. The van der Waals surface area contributed by atoms with Gasteiger partial charge in [0.1, 0.15) is 0 Å². The largest absolute Gasteiger partial charge is 0.479 e. The molecular weight excluding hydrogens is 869 g/mol. The molecule has 0 amide bonds. The number of hydrogen-bond donors (Lipinski definition) is 0. The molecule has 0 saturated carbocycles. The Kier molecular flexibility index (Phi) is 14.3. The number of rotatable bonds is 19. The van der Waals surface area contributed by atoms with Gasteiger partial charge in [-0.3, -0.25) is 4.79 Å². The third-order valence-electron chi connectivity index (χ3n) is 15.0. The van der Waals surface area contributed by atoms with Crippen LogP contribution in [0.25, 0.3) is 0 Å². The van der Waals surface area contributed by atoms with Crippen LogP contribution in [0.15, 0.2) is 0 Å². The molecule has 14 nitrogen and oxygen atoms in total. The van der Waals surface area contributed by atoms with Gasteiger partial charge in [0.05, 0.1) is 12.0 Å². The molecule has 57 heavy (non-hydrogen) atoms. The molecule has 3 atom stereocenters. The molecular formula is C35H76O14Si8. The number of ether oxygens (including phenoxy) is 1. The summed E-state index contributed by atoms with van der Waals surface area (Å²) in [6, 6.07) is 3.02. The molecule has 0 radical (unpaired) electrons. The number of carbonyl (C=O) groups is 1.